The van der Waals surface area contributed by atoms with Gasteiger partial charge in [0.1, 0.15) is 0 Å². The highest BCUT2D eigenvalue weighted by Crippen LogP contribution is 2.39. The van der Waals surface area contributed by atoms with Crippen LogP contribution in [0.2, 0.25) is 0 Å². The van der Waals surface area contributed by atoms with Crippen molar-refractivity contribution in [3.63, 3.8) is 0 Å². The summed E-state index contributed by atoms with van der Waals surface area (Å²) in [5.74, 6) is 2.64. The van der Waals surface area contributed by atoms with E-state index in [1.54, 1.807) is 33.3 Å². The average molecular weight is 550 g/mol. The van der Waals surface area contributed by atoms with Gasteiger partial charge in [-0.3, -0.25) is 4.99 Å². The first kappa shape index (κ1) is 26.9. The number of rotatable bonds is 8. The number of carbonyl (C=O) groups is 1. The molecular weight excluding hydrogens is 515 g/mol. The molecule has 0 spiro atoms. The Balaban J connectivity index is 0.00000480. The van der Waals surface area contributed by atoms with Gasteiger partial charge in [0.15, 0.2) is 17.5 Å². The van der Waals surface area contributed by atoms with Crippen LogP contribution in [-0.2, 0) is 11.2 Å². The number of nitrogens with zero attached hydrogens (tertiary/aromatic N) is 2. The average Bonchev–Trinajstić information content (AvgIpc) is 2.78. The zero-order chi connectivity index (χ0) is 21.9. The van der Waals surface area contributed by atoms with Crippen LogP contribution >= 0.6 is 24.0 Å². The van der Waals surface area contributed by atoms with Gasteiger partial charge in [-0.1, -0.05) is 6.07 Å². The highest BCUT2D eigenvalue weighted by Gasteiger charge is 2.24. The van der Waals surface area contributed by atoms with Gasteiger partial charge in [-0.05, 0) is 32.3 Å². The number of hydrogen-bond acceptors (Lipinski definition) is 6. The van der Waals surface area contributed by atoms with Crippen molar-refractivity contribution in [1.29, 1.82) is 0 Å². The Morgan fingerprint density at radius 2 is 1.81 bits per heavy atom. The lowest BCUT2D eigenvalue weighted by molar-refractivity contribution is 0.0963. The molecule has 0 bridgehead atoms. The summed E-state index contributed by atoms with van der Waals surface area (Å²) in [5, 5.41) is 6.78. The molecule has 10 heteroatoms. The molecule has 1 saturated heterocycles. The van der Waals surface area contributed by atoms with Crippen LogP contribution in [0.1, 0.15) is 25.3 Å². The summed E-state index contributed by atoms with van der Waals surface area (Å²) >= 11 is 0. The molecule has 2 N–H and O–H groups in total. The highest BCUT2D eigenvalue weighted by atomic mass is 127. The van der Waals surface area contributed by atoms with Gasteiger partial charge in [-0.25, -0.2) is 4.79 Å². The van der Waals surface area contributed by atoms with Crippen molar-refractivity contribution in [3.05, 3.63) is 17.7 Å². The van der Waals surface area contributed by atoms with E-state index in [2.05, 4.69) is 15.6 Å². The molecule has 0 aliphatic carbocycles. The molecule has 0 radical (unpaired) electrons. The van der Waals surface area contributed by atoms with E-state index in [1.165, 1.54) is 0 Å². The van der Waals surface area contributed by atoms with Crippen LogP contribution in [0, 0.1) is 0 Å². The van der Waals surface area contributed by atoms with Crippen molar-refractivity contribution in [3.8, 4) is 17.2 Å². The van der Waals surface area contributed by atoms with Gasteiger partial charge in [0.25, 0.3) is 0 Å². The van der Waals surface area contributed by atoms with Gasteiger partial charge < -0.3 is 34.5 Å². The molecule has 1 aliphatic heterocycles. The quantitative estimate of drug-likeness (QED) is 0.292. The van der Waals surface area contributed by atoms with E-state index >= 15 is 0 Å². The smallest absolute Gasteiger partial charge is 0.409 e. The molecule has 1 fully saturated rings. The number of carbonyl (C=O) groups excluding carboxylic acids is 1. The predicted octanol–water partition coefficient (Wildman–Crippen LogP) is 2.66. The highest BCUT2D eigenvalue weighted by molar-refractivity contribution is 14.0. The molecule has 0 atom stereocenters. The second kappa shape index (κ2) is 14.0. The minimum absolute atomic E-state index is 0. The third-order valence-electron chi connectivity index (χ3n) is 5.06. The van der Waals surface area contributed by atoms with Crippen molar-refractivity contribution < 1.29 is 23.7 Å². The minimum Gasteiger partial charge on any atom is -0.493 e. The van der Waals surface area contributed by atoms with E-state index < -0.39 is 0 Å². The number of ether oxygens (including phenoxy) is 4. The molecule has 0 saturated carbocycles. The SMILES string of the molecule is CCOC(=O)N1CCC(NC(=NC)NCCc2ccc(OC)c(OC)c2OC)CC1.I. The summed E-state index contributed by atoms with van der Waals surface area (Å²) < 4.78 is 21.4. The lowest BCUT2D eigenvalue weighted by Crippen LogP contribution is -2.50. The van der Waals surface area contributed by atoms with E-state index in [-0.39, 0.29) is 36.1 Å². The molecule has 1 amide bonds. The van der Waals surface area contributed by atoms with Gasteiger partial charge >= 0.3 is 6.09 Å². The van der Waals surface area contributed by atoms with E-state index in [9.17, 15) is 4.79 Å². The topological polar surface area (TPSA) is 93.7 Å². The molecule has 1 aromatic carbocycles. The molecule has 0 unspecified atom stereocenters. The number of methoxy groups -OCH3 is 3. The fraction of sp³-hybridized carbons (Fsp3) is 0.619. The maximum absolute atomic E-state index is 11.8. The normalized spacial score (nSPS) is 14.4. The molecule has 1 aliphatic rings. The van der Waals surface area contributed by atoms with Gasteiger partial charge in [0.2, 0.25) is 5.75 Å². The number of likely N-dealkylation sites (tertiary alicyclic amines) is 1. The summed E-state index contributed by atoms with van der Waals surface area (Å²) in [6.07, 6.45) is 2.19. The molecule has 176 valence electrons. The van der Waals surface area contributed by atoms with Crippen LogP contribution in [0.15, 0.2) is 17.1 Å². The van der Waals surface area contributed by atoms with Gasteiger partial charge in [0, 0.05) is 38.3 Å². The monoisotopic (exact) mass is 550 g/mol. The third-order valence-corrected chi connectivity index (χ3v) is 5.06. The fourth-order valence-corrected chi connectivity index (χ4v) is 3.48. The van der Waals surface area contributed by atoms with Crippen LogP contribution < -0.4 is 24.8 Å². The summed E-state index contributed by atoms with van der Waals surface area (Å²) in [6.45, 7) is 4.25. The molecule has 1 aromatic rings. The summed E-state index contributed by atoms with van der Waals surface area (Å²) in [4.78, 5) is 17.9. The van der Waals surface area contributed by atoms with E-state index in [0.29, 0.717) is 43.5 Å². The van der Waals surface area contributed by atoms with Crippen molar-refractivity contribution in [1.82, 2.24) is 15.5 Å². The fourth-order valence-electron chi connectivity index (χ4n) is 3.48. The van der Waals surface area contributed by atoms with Crippen LogP contribution in [0.25, 0.3) is 0 Å². The van der Waals surface area contributed by atoms with Gasteiger partial charge in [0.05, 0.1) is 27.9 Å². The van der Waals surface area contributed by atoms with Crippen molar-refractivity contribution in [2.45, 2.75) is 32.2 Å². The number of amides is 1. The molecule has 2 rings (SSSR count). The Kier molecular flexibility index (Phi) is 12.2. The Labute approximate surface area is 201 Å². The summed E-state index contributed by atoms with van der Waals surface area (Å²) in [7, 11) is 6.57. The number of nitrogens with one attached hydrogen (secondary N) is 2. The van der Waals surface area contributed by atoms with Crippen molar-refractivity contribution in [2.75, 3.05) is 54.6 Å². The number of benzene rings is 1. The second-order valence-corrected chi connectivity index (χ2v) is 6.85. The Bertz CT molecular complexity index is 724. The van der Waals surface area contributed by atoms with E-state index in [4.69, 9.17) is 18.9 Å². The van der Waals surface area contributed by atoms with Crippen molar-refractivity contribution >= 4 is 36.0 Å². The number of halogens is 1. The number of aliphatic imine (C=N–C) groups is 1. The molecule has 31 heavy (non-hydrogen) atoms. The summed E-state index contributed by atoms with van der Waals surface area (Å²) in [6, 6.07) is 4.11. The Morgan fingerprint density at radius 3 is 2.35 bits per heavy atom. The lowest BCUT2D eigenvalue weighted by Gasteiger charge is -2.32. The van der Waals surface area contributed by atoms with Crippen LogP contribution in [0.3, 0.4) is 0 Å². The lowest BCUT2D eigenvalue weighted by atomic mass is 10.1. The van der Waals surface area contributed by atoms with E-state index in [0.717, 1.165) is 30.8 Å². The maximum Gasteiger partial charge on any atom is 0.409 e. The minimum atomic E-state index is -0.234. The number of hydrogen-bond donors (Lipinski definition) is 2. The number of piperidine rings is 1. The standard InChI is InChI=1S/C21H34N4O5.HI/c1-6-30-21(26)25-13-10-16(11-14-25)24-20(22-2)23-12-9-15-7-8-17(27-3)19(29-5)18(15)28-4;/h7-8,16H,6,9-14H2,1-5H3,(H2,22,23,24);1H. The predicted molar refractivity (Wildman–Crippen MR) is 131 cm³/mol. The first-order chi connectivity index (χ1) is 14.6. The Hall–Kier alpha value is -2.11. The largest absolute Gasteiger partial charge is 0.493 e. The molecule has 0 aromatic heterocycles. The zero-order valence-corrected chi connectivity index (χ0v) is 21.4. The first-order valence-corrected chi connectivity index (χ1v) is 10.2. The molecule has 1 heterocycles. The second-order valence-electron chi connectivity index (χ2n) is 6.85. The number of guanidine groups is 1. The van der Waals surface area contributed by atoms with Gasteiger partial charge in [-0.2, -0.15) is 0 Å². The van der Waals surface area contributed by atoms with Crippen molar-refractivity contribution in [2.24, 2.45) is 4.99 Å². The third kappa shape index (κ3) is 7.51. The van der Waals surface area contributed by atoms with Gasteiger partial charge in [-0.15, -0.1) is 24.0 Å². The zero-order valence-electron chi connectivity index (χ0n) is 19.0. The maximum atomic E-state index is 11.8. The van der Waals surface area contributed by atoms with Crippen LogP contribution in [-0.4, -0.2) is 77.6 Å². The van der Waals surface area contributed by atoms with Crippen LogP contribution in [0.4, 0.5) is 4.79 Å². The molecular formula is C21H35IN4O5. The van der Waals surface area contributed by atoms with E-state index in [1.807, 2.05) is 19.1 Å². The molecule has 9 nitrogen and oxygen atoms in total. The Morgan fingerprint density at radius 1 is 1.13 bits per heavy atom. The summed E-state index contributed by atoms with van der Waals surface area (Å²) in [5.41, 5.74) is 1.01. The van der Waals surface area contributed by atoms with Crippen LogP contribution in [0.5, 0.6) is 17.2 Å². The first-order valence-electron chi connectivity index (χ1n) is 10.2.